The summed E-state index contributed by atoms with van der Waals surface area (Å²) in [5.41, 5.74) is 10.2. The number of aliphatic imine (C=N–C) groups is 1. The molecule has 3 N–H and O–H groups in total. The quantitative estimate of drug-likeness (QED) is 0.839. The van der Waals surface area contributed by atoms with Crippen LogP contribution in [0, 0.1) is 0 Å². The summed E-state index contributed by atoms with van der Waals surface area (Å²) in [5.74, 6) is 0.299. The summed E-state index contributed by atoms with van der Waals surface area (Å²) in [6.45, 7) is 1.58. The summed E-state index contributed by atoms with van der Waals surface area (Å²) in [6, 6.07) is 5.37. The molecule has 3 rings (SSSR count). The fourth-order valence-electron chi connectivity index (χ4n) is 2.99. The zero-order chi connectivity index (χ0) is 14.7. The van der Waals surface area contributed by atoms with Gasteiger partial charge in [0.1, 0.15) is 5.75 Å². The fraction of sp³-hybridized carbons (Fsp3) is 0.471. The summed E-state index contributed by atoms with van der Waals surface area (Å²) < 4.78 is 5.67. The van der Waals surface area contributed by atoms with Crippen molar-refractivity contribution in [1.82, 2.24) is 0 Å². The van der Waals surface area contributed by atoms with E-state index in [-0.39, 0.29) is 6.10 Å². The van der Waals surface area contributed by atoms with Gasteiger partial charge in [0.25, 0.3) is 0 Å². The van der Waals surface area contributed by atoms with E-state index in [1.165, 1.54) is 12.8 Å². The number of fused-ring (bicyclic) bond motifs is 1. The number of phenols is 1. The molecule has 0 spiro atoms. The monoisotopic (exact) mass is 286 g/mol. The Balaban J connectivity index is 1.70. The van der Waals surface area contributed by atoms with Crippen molar-refractivity contribution in [3.8, 4) is 5.75 Å². The predicted octanol–water partition coefficient (Wildman–Crippen LogP) is 2.65. The number of phenolic OH excluding ortho intramolecular Hbond substituents is 1. The van der Waals surface area contributed by atoms with Crippen molar-refractivity contribution in [2.24, 2.45) is 10.7 Å². The van der Waals surface area contributed by atoms with Crippen LogP contribution >= 0.6 is 0 Å². The van der Waals surface area contributed by atoms with E-state index >= 15 is 0 Å². The van der Waals surface area contributed by atoms with Gasteiger partial charge in [0.05, 0.1) is 12.6 Å². The number of hydrogen-bond donors (Lipinski definition) is 2. The molecule has 1 atom stereocenters. The smallest absolute Gasteiger partial charge is 0.115 e. The second kappa shape index (κ2) is 6.31. The number of benzene rings is 1. The molecule has 4 nitrogen and oxygen atoms in total. The molecule has 2 aliphatic rings. The molecule has 1 heterocycles. The molecule has 1 unspecified atom stereocenters. The van der Waals surface area contributed by atoms with Gasteiger partial charge in [0.2, 0.25) is 0 Å². The Hall–Kier alpha value is -1.81. The Morgan fingerprint density at radius 2 is 2.24 bits per heavy atom. The second-order valence-electron chi connectivity index (χ2n) is 5.76. The molecule has 0 saturated carbocycles. The molecule has 1 aromatic rings. The normalized spacial score (nSPS) is 22.6. The molecule has 21 heavy (non-hydrogen) atoms. The minimum atomic E-state index is 0.268. The van der Waals surface area contributed by atoms with Gasteiger partial charge in [-0.1, -0.05) is 0 Å². The lowest BCUT2D eigenvalue weighted by atomic mass is 9.90. The number of ether oxygens (including phenoxy) is 1. The average Bonchev–Trinajstić information content (AvgIpc) is 2.50. The third-order valence-corrected chi connectivity index (χ3v) is 4.22. The van der Waals surface area contributed by atoms with Crippen LogP contribution in [0.5, 0.6) is 5.75 Å². The number of aryl methyl sites for hydroxylation is 1. The third-order valence-electron chi connectivity index (χ3n) is 4.22. The average molecular weight is 286 g/mol. The highest BCUT2D eigenvalue weighted by atomic mass is 16.5. The van der Waals surface area contributed by atoms with Crippen LogP contribution in [0.1, 0.15) is 36.8 Å². The van der Waals surface area contributed by atoms with Gasteiger partial charge in [-0.15, -0.1) is 0 Å². The van der Waals surface area contributed by atoms with Crippen LogP contribution in [-0.4, -0.2) is 30.6 Å². The molecule has 1 aliphatic carbocycles. The number of rotatable bonds is 3. The molecular weight excluding hydrogens is 264 g/mol. The van der Waals surface area contributed by atoms with Crippen molar-refractivity contribution in [1.29, 1.82) is 0 Å². The number of allylic oxidation sites excluding steroid dienone is 1. The number of nitrogens with zero attached hydrogens (tertiary/aromatic N) is 1. The van der Waals surface area contributed by atoms with Gasteiger partial charge in [-0.2, -0.15) is 0 Å². The first-order chi connectivity index (χ1) is 10.2. The minimum absolute atomic E-state index is 0.268. The van der Waals surface area contributed by atoms with E-state index in [9.17, 15) is 5.11 Å². The summed E-state index contributed by atoms with van der Waals surface area (Å²) >= 11 is 0. The SMILES string of the molecule is NC1=C(C=NCC2CCCCO2)CCc2cc(O)ccc21. The molecule has 1 saturated heterocycles. The second-order valence-corrected chi connectivity index (χ2v) is 5.76. The standard InChI is InChI=1S/C17H22N2O2/c18-17-13(10-19-11-15-3-1-2-8-21-15)5-4-12-9-14(20)6-7-16(12)17/h6-7,9-10,15,20H,1-5,8,11,18H2. The molecule has 0 radical (unpaired) electrons. The van der Waals surface area contributed by atoms with Gasteiger partial charge >= 0.3 is 0 Å². The van der Waals surface area contributed by atoms with Crippen molar-refractivity contribution in [3.63, 3.8) is 0 Å². The summed E-state index contributed by atoms with van der Waals surface area (Å²) in [6.07, 6.45) is 7.45. The molecule has 4 heteroatoms. The molecular formula is C17H22N2O2. The van der Waals surface area contributed by atoms with E-state index in [1.54, 1.807) is 12.1 Å². The highest BCUT2D eigenvalue weighted by Crippen LogP contribution is 2.29. The number of hydrogen-bond acceptors (Lipinski definition) is 4. The lowest BCUT2D eigenvalue weighted by molar-refractivity contribution is 0.0226. The van der Waals surface area contributed by atoms with Crippen molar-refractivity contribution in [3.05, 3.63) is 34.9 Å². The third kappa shape index (κ3) is 3.27. The molecule has 0 aromatic heterocycles. The summed E-state index contributed by atoms with van der Waals surface area (Å²) in [5, 5.41) is 9.53. The van der Waals surface area contributed by atoms with Gasteiger partial charge in [-0.3, -0.25) is 4.99 Å². The maximum absolute atomic E-state index is 9.53. The lowest BCUT2D eigenvalue weighted by Gasteiger charge is -2.21. The van der Waals surface area contributed by atoms with Crippen LogP contribution in [0.4, 0.5) is 0 Å². The molecule has 1 aliphatic heterocycles. The predicted molar refractivity (Wildman–Crippen MR) is 84.5 cm³/mol. The van der Waals surface area contributed by atoms with E-state index in [4.69, 9.17) is 10.5 Å². The maximum atomic E-state index is 9.53. The minimum Gasteiger partial charge on any atom is -0.508 e. The van der Waals surface area contributed by atoms with Crippen LogP contribution in [0.15, 0.2) is 28.8 Å². The van der Waals surface area contributed by atoms with Crippen molar-refractivity contribution in [2.75, 3.05) is 13.2 Å². The highest BCUT2D eigenvalue weighted by molar-refractivity contribution is 5.91. The summed E-state index contributed by atoms with van der Waals surface area (Å²) in [7, 11) is 0. The van der Waals surface area contributed by atoms with Crippen LogP contribution in [0.2, 0.25) is 0 Å². The Morgan fingerprint density at radius 1 is 1.33 bits per heavy atom. The molecule has 0 amide bonds. The van der Waals surface area contributed by atoms with Crippen LogP contribution in [-0.2, 0) is 11.2 Å². The first kappa shape index (κ1) is 14.1. The highest BCUT2D eigenvalue weighted by Gasteiger charge is 2.16. The van der Waals surface area contributed by atoms with Crippen molar-refractivity contribution in [2.45, 2.75) is 38.2 Å². The van der Waals surface area contributed by atoms with Crippen molar-refractivity contribution < 1.29 is 9.84 Å². The Bertz CT molecular complexity index is 572. The van der Waals surface area contributed by atoms with E-state index < -0.39 is 0 Å². The Kier molecular flexibility index (Phi) is 4.25. The molecule has 0 bridgehead atoms. The number of nitrogens with two attached hydrogens (primary N) is 1. The van der Waals surface area contributed by atoms with Gasteiger partial charge in [-0.25, -0.2) is 0 Å². The number of aromatic hydroxyl groups is 1. The molecule has 112 valence electrons. The van der Waals surface area contributed by atoms with Crippen LogP contribution < -0.4 is 5.73 Å². The van der Waals surface area contributed by atoms with Crippen molar-refractivity contribution >= 4 is 11.9 Å². The molecule has 1 aromatic carbocycles. The van der Waals surface area contributed by atoms with Gasteiger partial charge < -0.3 is 15.6 Å². The lowest BCUT2D eigenvalue weighted by Crippen LogP contribution is -2.22. The zero-order valence-corrected chi connectivity index (χ0v) is 12.2. The fourth-order valence-corrected chi connectivity index (χ4v) is 2.99. The van der Waals surface area contributed by atoms with Gasteiger partial charge in [-0.05, 0) is 61.4 Å². The Labute approximate surface area is 125 Å². The largest absolute Gasteiger partial charge is 0.508 e. The van der Waals surface area contributed by atoms with Gasteiger partial charge in [0.15, 0.2) is 0 Å². The topological polar surface area (TPSA) is 67.8 Å². The zero-order valence-electron chi connectivity index (χ0n) is 12.2. The van der Waals surface area contributed by atoms with Gasteiger partial charge in [0, 0.05) is 24.1 Å². The summed E-state index contributed by atoms with van der Waals surface area (Å²) in [4.78, 5) is 4.52. The first-order valence-corrected chi connectivity index (χ1v) is 7.66. The van der Waals surface area contributed by atoms with E-state index in [1.807, 2.05) is 12.3 Å². The molecule has 1 fully saturated rings. The van der Waals surface area contributed by atoms with E-state index in [2.05, 4.69) is 4.99 Å². The van der Waals surface area contributed by atoms with Crippen LogP contribution in [0.25, 0.3) is 5.70 Å². The van der Waals surface area contributed by atoms with E-state index in [0.29, 0.717) is 5.75 Å². The van der Waals surface area contributed by atoms with Crippen LogP contribution in [0.3, 0.4) is 0 Å². The Morgan fingerprint density at radius 3 is 3.05 bits per heavy atom. The maximum Gasteiger partial charge on any atom is 0.115 e. The van der Waals surface area contributed by atoms with E-state index in [0.717, 1.165) is 54.8 Å². The first-order valence-electron chi connectivity index (χ1n) is 7.66.